The number of carbonyl (C=O) groups excluding carboxylic acids is 10. The molecule has 0 aliphatic carbocycles. The molecule has 0 spiro atoms. The molecule has 2 aromatic rings. The Balaban J connectivity index is 1.74. The molecule has 26 nitrogen and oxygen atoms in total. The van der Waals surface area contributed by atoms with Gasteiger partial charge >= 0.3 is 11.9 Å². The van der Waals surface area contributed by atoms with Gasteiger partial charge in [-0.05, 0) is 75.0 Å². The van der Waals surface area contributed by atoms with Gasteiger partial charge in [0.15, 0.2) is 0 Å². The Morgan fingerprint density at radius 1 is 0.633 bits per heavy atom. The van der Waals surface area contributed by atoms with E-state index in [1.807, 2.05) is 0 Å². The van der Waals surface area contributed by atoms with Crippen LogP contribution in [0.25, 0.3) is 0 Å². The largest absolute Gasteiger partial charge is 0.481 e. The van der Waals surface area contributed by atoms with Crippen molar-refractivity contribution in [1.29, 1.82) is 0 Å². The molecule has 1 fully saturated rings. The van der Waals surface area contributed by atoms with Gasteiger partial charge < -0.3 is 74.8 Å². The summed E-state index contributed by atoms with van der Waals surface area (Å²) in [6.45, 7) is 7.57. The highest BCUT2D eigenvalue weighted by Crippen LogP contribution is 2.20. The summed E-state index contributed by atoms with van der Waals surface area (Å²) >= 11 is 0. The van der Waals surface area contributed by atoms with Crippen molar-refractivity contribution >= 4 is 71.0 Å². The van der Waals surface area contributed by atoms with Crippen LogP contribution >= 0.6 is 0 Å². The Labute approximate surface area is 458 Å². The van der Waals surface area contributed by atoms with E-state index in [0.717, 1.165) is 5.56 Å². The fraction of sp³-hybridized carbons (Fsp3) is 0.547. The number of unbranched alkanes of at least 4 members (excludes halogenated alkanes) is 1. The molecule has 2 aromatic carbocycles. The van der Waals surface area contributed by atoms with Crippen molar-refractivity contribution in [3.8, 4) is 0 Å². The van der Waals surface area contributed by atoms with Crippen LogP contribution in [0.1, 0.15) is 97.1 Å². The zero-order valence-electron chi connectivity index (χ0n) is 45.3. The number of benzene rings is 2. The second-order valence-electron chi connectivity index (χ2n) is 19.9. The average molecular weight is 1110 g/mol. The first-order valence-corrected chi connectivity index (χ1v) is 26.3. The Bertz CT molecular complexity index is 2450. The van der Waals surface area contributed by atoms with Crippen molar-refractivity contribution in [2.75, 3.05) is 19.6 Å². The van der Waals surface area contributed by atoms with E-state index in [2.05, 4.69) is 42.5 Å². The van der Waals surface area contributed by atoms with Gasteiger partial charge in [-0.3, -0.25) is 52.7 Å². The Morgan fingerprint density at radius 3 is 1.75 bits per heavy atom. The lowest BCUT2D eigenvalue weighted by Crippen LogP contribution is -2.60. The normalized spacial score (nSPS) is 16.4. The molecule has 3 rings (SSSR count). The van der Waals surface area contributed by atoms with Gasteiger partial charge in [0.05, 0.1) is 25.4 Å². The molecule has 10 atom stereocenters. The van der Waals surface area contributed by atoms with E-state index >= 15 is 0 Å². The van der Waals surface area contributed by atoms with E-state index in [9.17, 15) is 67.7 Å². The number of rotatable bonds is 33. The molecule has 0 radical (unpaired) electrons. The second kappa shape index (κ2) is 32.7. The number of hydrogen-bond acceptors (Lipinski definition) is 14. The van der Waals surface area contributed by atoms with Crippen molar-refractivity contribution in [3.63, 3.8) is 0 Å². The number of nitrogens with one attached hydrogen (secondary N) is 8. The lowest BCUT2D eigenvalue weighted by atomic mass is 9.97. The maximum atomic E-state index is 14.2. The fourth-order valence-electron chi connectivity index (χ4n) is 8.56. The summed E-state index contributed by atoms with van der Waals surface area (Å²) in [7, 11) is 0. The SMILES string of the molecule is CC[C@H](C)[C@H](NC(=O)CNC(=O)[C@@H](NC(=O)[C@H](CC(=O)O)NC(=O)[C@H](Cc1ccccc1)NC(=O)[C@@H]1CCCN1C(=O)[C@H](C)NC(=O)[C@H](CC(N)=O)NC(=O)[C@@H](N)Cc1ccccc1)C(C)C)C(=O)N[C@@H](CCCCN)C(=O)O. The van der Waals surface area contributed by atoms with Crippen molar-refractivity contribution < 1.29 is 67.7 Å². The highest BCUT2D eigenvalue weighted by atomic mass is 16.4. The maximum Gasteiger partial charge on any atom is 0.326 e. The van der Waals surface area contributed by atoms with Crippen molar-refractivity contribution in [3.05, 3.63) is 71.8 Å². The van der Waals surface area contributed by atoms with E-state index in [4.69, 9.17) is 17.2 Å². The van der Waals surface area contributed by atoms with Gasteiger partial charge in [0.1, 0.15) is 48.3 Å². The number of nitrogens with two attached hydrogens (primary N) is 3. The zero-order valence-corrected chi connectivity index (χ0v) is 45.3. The number of primary amides is 1. The maximum absolute atomic E-state index is 14.2. The first-order valence-electron chi connectivity index (χ1n) is 26.3. The molecule has 1 heterocycles. The molecule has 0 bridgehead atoms. The van der Waals surface area contributed by atoms with Gasteiger partial charge in [0.25, 0.3) is 0 Å². The van der Waals surface area contributed by atoms with Gasteiger partial charge in [-0.25, -0.2) is 4.79 Å². The number of aliphatic carboxylic acids is 2. The number of likely N-dealkylation sites (tertiary alicyclic amines) is 1. The number of nitrogens with zero attached hydrogens (tertiary/aromatic N) is 1. The van der Waals surface area contributed by atoms with E-state index in [1.54, 1.807) is 88.4 Å². The number of carboxylic acids is 2. The third kappa shape index (κ3) is 21.7. The Kier molecular flexibility index (Phi) is 27.0. The van der Waals surface area contributed by atoms with Gasteiger partial charge in [-0.2, -0.15) is 0 Å². The number of carboxylic acid groups (broad SMARTS) is 2. The van der Waals surface area contributed by atoms with E-state index < -0.39 is 157 Å². The first-order chi connectivity index (χ1) is 37.4. The summed E-state index contributed by atoms with van der Waals surface area (Å²) in [5.74, 6) is -12.6. The van der Waals surface area contributed by atoms with E-state index in [-0.39, 0.29) is 32.2 Å². The molecule has 16 N–H and O–H groups in total. The van der Waals surface area contributed by atoms with Crippen LogP contribution in [-0.2, 0) is 70.4 Å². The van der Waals surface area contributed by atoms with Crippen LogP contribution in [0.15, 0.2) is 60.7 Å². The second-order valence-corrected chi connectivity index (χ2v) is 19.9. The zero-order chi connectivity index (χ0) is 58.9. The van der Waals surface area contributed by atoms with Crippen LogP contribution in [0.3, 0.4) is 0 Å². The standard InChI is InChI=1S/C53H78N12O14/c1-6-30(4)44(51(76)59-35(53(78)79)20-13-14-22-54)63-41(67)28-57-50(75)43(29(2)3)64-48(73)38(27-42(68)69)61-47(72)36(25-33-18-11-8-12-19-33)62-49(74)39-21-15-23-65(39)52(77)31(5)58-46(71)37(26-40(56)66)60-45(70)34(55)24-32-16-9-7-10-17-32/h7-12,16-19,29-31,34-39,43-44H,6,13-15,20-28,54-55H2,1-5H3,(H2,56,66)(H,57,75)(H,58,71)(H,59,76)(H,60,70)(H,61,72)(H,62,74)(H,63,67)(H,64,73)(H,68,69)(H,78,79)/t30-,31-,34-,35-,36-,37-,38-,39-,43-,44-/m0/s1. The van der Waals surface area contributed by atoms with Crippen molar-refractivity contribution in [1.82, 2.24) is 47.4 Å². The highest BCUT2D eigenvalue weighted by molar-refractivity contribution is 5.99. The molecule has 1 aliphatic rings. The fourth-order valence-corrected chi connectivity index (χ4v) is 8.56. The van der Waals surface area contributed by atoms with E-state index in [1.165, 1.54) is 11.8 Å². The third-order valence-electron chi connectivity index (χ3n) is 13.2. The molecule has 434 valence electrons. The summed E-state index contributed by atoms with van der Waals surface area (Å²) in [5, 5.41) is 39.3. The van der Waals surface area contributed by atoms with Crippen LogP contribution in [0, 0.1) is 11.8 Å². The summed E-state index contributed by atoms with van der Waals surface area (Å²) < 4.78 is 0. The van der Waals surface area contributed by atoms with Crippen LogP contribution in [0.2, 0.25) is 0 Å². The number of hydrogen-bond donors (Lipinski definition) is 13. The van der Waals surface area contributed by atoms with Crippen molar-refractivity contribution in [2.24, 2.45) is 29.0 Å². The summed E-state index contributed by atoms with van der Waals surface area (Å²) in [6, 6.07) is 4.95. The molecule has 26 heteroatoms. The van der Waals surface area contributed by atoms with Gasteiger partial charge in [0.2, 0.25) is 59.1 Å². The van der Waals surface area contributed by atoms with Crippen LogP contribution in [0.4, 0.5) is 0 Å². The predicted octanol–water partition coefficient (Wildman–Crippen LogP) is -2.41. The monoisotopic (exact) mass is 1110 g/mol. The molecule has 0 saturated carbocycles. The quantitative estimate of drug-likeness (QED) is 0.0331. The van der Waals surface area contributed by atoms with Crippen molar-refractivity contribution in [2.45, 2.75) is 153 Å². The molecular formula is C53H78N12O14. The molecular weight excluding hydrogens is 1030 g/mol. The van der Waals surface area contributed by atoms with Crippen LogP contribution in [-0.4, -0.2) is 160 Å². The summed E-state index contributed by atoms with van der Waals surface area (Å²) in [6.07, 6.45) is 0.276. The van der Waals surface area contributed by atoms with E-state index in [0.29, 0.717) is 37.8 Å². The Hall–Kier alpha value is -8.00. The molecule has 79 heavy (non-hydrogen) atoms. The lowest BCUT2D eigenvalue weighted by Gasteiger charge is -2.30. The van der Waals surface area contributed by atoms with Crippen LogP contribution < -0.4 is 59.7 Å². The topological polar surface area (TPSA) is 423 Å². The number of amides is 10. The minimum absolute atomic E-state index is 0.0551. The van der Waals surface area contributed by atoms with Crippen LogP contribution in [0.5, 0.6) is 0 Å². The minimum Gasteiger partial charge on any atom is -0.481 e. The smallest absolute Gasteiger partial charge is 0.326 e. The van der Waals surface area contributed by atoms with Gasteiger partial charge in [0, 0.05) is 13.0 Å². The predicted molar refractivity (Wildman–Crippen MR) is 286 cm³/mol. The molecule has 0 unspecified atom stereocenters. The lowest BCUT2D eigenvalue weighted by molar-refractivity contribution is -0.143. The average Bonchev–Trinajstić information content (AvgIpc) is 3.91. The first kappa shape index (κ1) is 65.3. The third-order valence-corrected chi connectivity index (χ3v) is 13.2. The molecule has 0 aromatic heterocycles. The minimum atomic E-state index is -1.82. The Morgan fingerprint density at radius 2 is 1.19 bits per heavy atom. The molecule has 1 saturated heterocycles. The molecule has 10 amide bonds. The molecule has 1 aliphatic heterocycles. The summed E-state index contributed by atoms with van der Waals surface area (Å²) in [4.78, 5) is 160. The number of carbonyl (C=O) groups is 12. The van der Waals surface area contributed by atoms with Gasteiger partial charge in [-0.1, -0.05) is 94.8 Å². The van der Waals surface area contributed by atoms with Gasteiger partial charge in [-0.15, -0.1) is 0 Å². The summed E-state index contributed by atoms with van der Waals surface area (Å²) in [5.41, 5.74) is 18.3. The highest BCUT2D eigenvalue weighted by Gasteiger charge is 2.40.